The van der Waals surface area contributed by atoms with Gasteiger partial charge >= 0.3 is 0 Å². The van der Waals surface area contributed by atoms with Crippen LogP contribution in [0.5, 0.6) is 0 Å². The van der Waals surface area contributed by atoms with E-state index in [2.05, 4.69) is 0 Å². The maximum Gasteiger partial charge on any atom is 0.243 e. The van der Waals surface area contributed by atoms with Crippen molar-refractivity contribution in [3.05, 3.63) is 29.8 Å². The van der Waals surface area contributed by atoms with Gasteiger partial charge in [-0.2, -0.15) is 4.31 Å². The topological polar surface area (TPSA) is 54.5 Å². The SMILES string of the molecule is CC(=O)c1cccc(S(=O)(=O)N2CC[C@@H]3CCCC[C@@H]3C2)c1. The molecule has 3 rings (SSSR count). The molecule has 1 saturated heterocycles. The molecular formula is C17H23NO3S. The van der Waals surface area contributed by atoms with E-state index in [0.717, 1.165) is 12.8 Å². The molecule has 0 bridgehead atoms. The van der Waals surface area contributed by atoms with E-state index in [4.69, 9.17) is 0 Å². The second kappa shape index (κ2) is 6.13. The summed E-state index contributed by atoms with van der Waals surface area (Å²) >= 11 is 0. The van der Waals surface area contributed by atoms with E-state index in [0.29, 0.717) is 30.5 Å². The second-order valence-electron chi connectivity index (χ2n) is 6.54. The number of benzene rings is 1. The lowest BCUT2D eigenvalue weighted by Crippen LogP contribution is -2.44. The van der Waals surface area contributed by atoms with Gasteiger partial charge in [-0.05, 0) is 43.7 Å². The normalized spacial score (nSPS) is 26.4. The molecule has 1 saturated carbocycles. The Morgan fingerprint density at radius 2 is 1.86 bits per heavy atom. The van der Waals surface area contributed by atoms with E-state index < -0.39 is 10.0 Å². The van der Waals surface area contributed by atoms with Gasteiger partial charge < -0.3 is 0 Å². The van der Waals surface area contributed by atoms with Gasteiger partial charge in [-0.25, -0.2) is 8.42 Å². The van der Waals surface area contributed by atoms with E-state index in [1.165, 1.54) is 32.3 Å². The first-order chi connectivity index (χ1) is 10.5. The van der Waals surface area contributed by atoms with Crippen LogP contribution in [0.2, 0.25) is 0 Å². The first-order valence-corrected chi connectivity index (χ1v) is 9.53. The van der Waals surface area contributed by atoms with Crippen molar-refractivity contribution in [3.8, 4) is 0 Å². The van der Waals surface area contributed by atoms with Crippen molar-refractivity contribution in [3.63, 3.8) is 0 Å². The molecule has 120 valence electrons. The summed E-state index contributed by atoms with van der Waals surface area (Å²) in [6, 6.07) is 6.41. The summed E-state index contributed by atoms with van der Waals surface area (Å²) < 4.78 is 27.3. The number of carbonyl (C=O) groups is 1. The van der Waals surface area contributed by atoms with Crippen molar-refractivity contribution in [1.82, 2.24) is 4.31 Å². The van der Waals surface area contributed by atoms with Crippen molar-refractivity contribution < 1.29 is 13.2 Å². The van der Waals surface area contributed by atoms with Crippen LogP contribution in [-0.2, 0) is 10.0 Å². The zero-order valence-electron chi connectivity index (χ0n) is 13.0. The zero-order chi connectivity index (χ0) is 15.7. The number of Topliss-reactive ketones (excluding diaryl/α,β-unsaturated/α-hetero) is 1. The number of rotatable bonds is 3. The van der Waals surface area contributed by atoms with Crippen LogP contribution in [0.3, 0.4) is 0 Å². The van der Waals surface area contributed by atoms with E-state index in [1.807, 2.05) is 0 Å². The van der Waals surface area contributed by atoms with Crippen LogP contribution < -0.4 is 0 Å². The van der Waals surface area contributed by atoms with Gasteiger partial charge in [0, 0.05) is 18.7 Å². The Morgan fingerprint density at radius 1 is 1.14 bits per heavy atom. The minimum absolute atomic E-state index is 0.108. The van der Waals surface area contributed by atoms with Gasteiger partial charge in [0.15, 0.2) is 5.78 Å². The van der Waals surface area contributed by atoms with Crippen LogP contribution in [-0.4, -0.2) is 31.6 Å². The molecule has 1 aromatic carbocycles. The average Bonchev–Trinajstić information content (AvgIpc) is 2.54. The predicted octanol–water partition coefficient (Wildman–Crippen LogP) is 3.09. The van der Waals surface area contributed by atoms with E-state index in [-0.39, 0.29) is 10.7 Å². The fourth-order valence-corrected chi connectivity index (χ4v) is 5.37. The van der Waals surface area contributed by atoms with Gasteiger partial charge in [-0.15, -0.1) is 0 Å². The summed E-state index contributed by atoms with van der Waals surface area (Å²) in [5.74, 6) is 1.10. The molecule has 22 heavy (non-hydrogen) atoms. The molecule has 0 N–H and O–H groups in total. The molecule has 2 atom stereocenters. The minimum atomic E-state index is -3.49. The Balaban J connectivity index is 1.83. The summed E-state index contributed by atoms with van der Waals surface area (Å²) in [5, 5.41) is 0. The van der Waals surface area contributed by atoms with Gasteiger partial charge in [-0.1, -0.05) is 31.4 Å². The molecule has 0 aromatic heterocycles. The molecule has 0 radical (unpaired) electrons. The number of hydrogen-bond acceptors (Lipinski definition) is 3. The Kier molecular flexibility index (Phi) is 4.37. The lowest BCUT2D eigenvalue weighted by Gasteiger charge is -2.40. The number of nitrogens with zero attached hydrogens (tertiary/aromatic N) is 1. The Morgan fingerprint density at radius 3 is 2.59 bits per heavy atom. The zero-order valence-corrected chi connectivity index (χ0v) is 13.8. The molecule has 0 amide bonds. The van der Waals surface area contributed by atoms with Crippen LogP contribution in [0, 0.1) is 11.8 Å². The number of hydrogen-bond donors (Lipinski definition) is 0. The van der Waals surface area contributed by atoms with Crippen molar-refractivity contribution in [1.29, 1.82) is 0 Å². The van der Waals surface area contributed by atoms with Crippen molar-refractivity contribution in [2.75, 3.05) is 13.1 Å². The number of sulfonamides is 1. The molecule has 2 fully saturated rings. The van der Waals surface area contributed by atoms with Crippen LogP contribution in [0.4, 0.5) is 0 Å². The van der Waals surface area contributed by atoms with Crippen molar-refractivity contribution >= 4 is 15.8 Å². The first kappa shape index (κ1) is 15.7. The van der Waals surface area contributed by atoms with Crippen LogP contribution in [0.1, 0.15) is 49.4 Å². The third kappa shape index (κ3) is 2.97. The lowest BCUT2D eigenvalue weighted by atomic mass is 9.76. The molecule has 2 aliphatic rings. The molecule has 5 heteroatoms. The Labute approximate surface area is 132 Å². The highest BCUT2D eigenvalue weighted by atomic mass is 32.2. The number of piperidine rings is 1. The third-order valence-corrected chi connectivity index (χ3v) is 6.99. The summed E-state index contributed by atoms with van der Waals surface area (Å²) in [5.41, 5.74) is 0.452. The molecular weight excluding hydrogens is 298 g/mol. The molecule has 4 nitrogen and oxygen atoms in total. The highest BCUT2D eigenvalue weighted by molar-refractivity contribution is 7.89. The standard InChI is InChI=1S/C17H23NO3S/c1-13(19)15-7-4-8-17(11-15)22(20,21)18-10-9-14-5-2-3-6-16(14)12-18/h4,7-8,11,14,16H,2-3,5-6,9-10,12H2,1H3/t14-,16+/m0/s1. The predicted molar refractivity (Wildman–Crippen MR) is 85.3 cm³/mol. The number of ketones is 1. The monoisotopic (exact) mass is 321 g/mol. The highest BCUT2D eigenvalue weighted by Crippen LogP contribution is 2.37. The fraction of sp³-hybridized carbons (Fsp3) is 0.588. The summed E-state index contributed by atoms with van der Waals surface area (Å²) in [6.07, 6.45) is 5.86. The maximum atomic E-state index is 12.9. The van der Waals surface area contributed by atoms with Gasteiger partial charge in [0.25, 0.3) is 0 Å². The average molecular weight is 321 g/mol. The molecule has 0 spiro atoms. The quantitative estimate of drug-likeness (QED) is 0.804. The van der Waals surface area contributed by atoms with Crippen LogP contribution >= 0.6 is 0 Å². The van der Waals surface area contributed by atoms with Gasteiger partial charge in [0.05, 0.1) is 4.90 Å². The van der Waals surface area contributed by atoms with Crippen LogP contribution in [0.15, 0.2) is 29.2 Å². The molecule has 1 aliphatic carbocycles. The second-order valence-corrected chi connectivity index (χ2v) is 8.48. The van der Waals surface area contributed by atoms with E-state index in [1.54, 1.807) is 22.5 Å². The lowest BCUT2D eigenvalue weighted by molar-refractivity contribution is 0.101. The Hall–Kier alpha value is -1.20. The largest absolute Gasteiger partial charge is 0.295 e. The number of carbonyl (C=O) groups excluding carboxylic acids is 1. The smallest absolute Gasteiger partial charge is 0.243 e. The summed E-state index contributed by atoms with van der Waals surface area (Å²) in [7, 11) is -3.49. The van der Waals surface area contributed by atoms with Crippen molar-refractivity contribution in [2.24, 2.45) is 11.8 Å². The highest BCUT2D eigenvalue weighted by Gasteiger charge is 2.36. The van der Waals surface area contributed by atoms with E-state index in [9.17, 15) is 13.2 Å². The van der Waals surface area contributed by atoms with Gasteiger partial charge in [0.1, 0.15) is 0 Å². The van der Waals surface area contributed by atoms with Crippen molar-refractivity contribution in [2.45, 2.75) is 43.9 Å². The van der Waals surface area contributed by atoms with Gasteiger partial charge in [-0.3, -0.25) is 4.79 Å². The first-order valence-electron chi connectivity index (χ1n) is 8.09. The summed E-state index contributed by atoms with van der Waals surface area (Å²) in [6.45, 7) is 2.70. The molecule has 1 heterocycles. The molecule has 1 aliphatic heterocycles. The minimum Gasteiger partial charge on any atom is -0.295 e. The van der Waals surface area contributed by atoms with Gasteiger partial charge in [0.2, 0.25) is 10.0 Å². The van der Waals surface area contributed by atoms with Crippen LogP contribution in [0.25, 0.3) is 0 Å². The Bertz CT molecular complexity index is 668. The fourth-order valence-electron chi connectivity index (χ4n) is 3.81. The third-order valence-electron chi connectivity index (χ3n) is 5.13. The maximum absolute atomic E-state index is 12.9. The summed E-state index contributed by atoms with van der Waals surface area (Å²) in [4.78, 5) is 11.7. The number of fused-ring (bicyclic) bond motifs is 1. The molecule has 1 aromatic rings. The molecule has 0 unspecified atom stereocenters. The van der Waals surface area contributed by atoms with E-state index >= 15 is 0 Å².